The molecule has 8 rings (SSSR count). The van der Waals surface area contributed by atoms with Crippen LogP contribution in [0.1, 0.15) is 58.8 Å². The van der Waals surface area contributed by atoms with Crippen LogP contribution in [0.4, 0.5) is 0 Å². The van der Waals surface area contributed by atoms with Crippen LogP contribution < -0.4 is 0 Å². The Morgan fingerprint density at radius 2 is 1.77 bits per heavy atom. The molecule has 2 aromatic carbocycles. The fraction of sp³-hybridized carbons (Fsp3) is 0.146. The van der Waals surface area contributed by atoms with Crippen molar-refractivity contribution in [1.82, 2.24) is 14.1 Å². The molecule has 0 spiro atoms. The Balaban J connectivity index is 1.14. The number of hydrogen-bond acceptors (Lipinski definition) is 1. The van der Waals surface area contributed by atoms with E-state index in [0.717, 1.165) is 48.9 Å². The van der Waals surface area contributed by atoms with Gasteiger partial charge in [0.15, 0.2) is 0 Å². The fourth-order valence-electron chi connectivity index (χ4n) is 7.11. The molecular formula is C41H33N3. The highest BCUT2D eigenvalue weighted by Crippen LogP contribution is 2.37. The van der Waals surface area contributed by atoms with Gasteiger partial charge in [-0.25, -0.2) is 0 Å². The molecule has 44 heavy (non-hydrogen) atoms. The van der Waals surface area contributed by atoms with Crippen LogP contribution in [0.3, 0.4) is 0 Å². The predicted molar refractivity (Wildman–Crippen MR) is 185 cm³/mol. The van der Waals surface area contributed by atoms with E-state index in [1.54, 1.807) is 0 Å². The summed E-state index contributed by atoms with van der Waals surface area (Å²) >= 11 is 0. The van der Waals surface area contributed by atoms with Gasteiger partial charge >= 0.3 is 0 Å². The van der Waals surface area contributed by atoms with Crippen molar-refractivity contribution in [3.05, 3.63) is 156 Å². The number of rotatable bonds is 6. The van der Waals surface area contributed by atoms with Gasteiger partial charge in [-0.3, -0.25) is 4.98 Å². The summed E-state index contributed by atoms with van der Waals surface area (Å²) in [6, 6.07) is 21.7. The first-order valence-corrected chi connectivity index (χ1v) is 15.6. The van der Waals surface area contributed by atoms with Crippen LogP contribution in [-0.4, -0.2) is 14.1 Å². The molecule has 0 saturated heterocycles. The molecule has 3 aliphatic carbocycles. The number of benzene rings is 1. The smallest absolute Gasteiger partial charge is 0.105 e. The standard InChI is InChI=1S/C41H33N3/c1-2-12-32(43-38-19-7-3-15-34(38)35-16-4-8-20-39(35)43)24-23-29-25-31(28-42-27-29)30-13-11-14-33(26-30)44-40-21-9-5-17-36(40)37-18-6-10-22-41(37)44/h2-6,9,11-12,14-18,21,23-28,30H,1,7,10,13,19,22H2/b24-23+,32-12+. The largest absolute Gasteiger partial charge is 0.313 e. The molecule has 3 heterocycles. The molecule has 0 radical (unpaired) electrons. The van der Waals surface area contributed by atoms with Crippen molar-refractivity contribution < 1.29 is 0 Å². The highest BCUT2D eigenvalue weighted by atomic mass is 15.0. The van der Waals surface area contributed by atoms with Crippen LogP contribution >= 0.6 is 0 Å². The lowest BCUT2D eigenvalue weighted by molar-refractivity contribution is 0.830. The maximum absolute atomic E-state index is 4.69. The molecule has 0 amide bonds. The van der Waals surface area contributed by atoms with Gasteiger partial charge in [-0.05, 0) is 91.8 Å². The third-order valence-electron chi connectivity index (χ3n) is 9.07. The predicted octanol–water partition coefficient (Wildman–Crippen LogP) is 9.84. The monoisotopic (exact) mass is 567 g/mol. The van der Waals surface area contributed by atoms with Gasteiger partial charge in [0.25, 0.3) is 0 Å². The van der Waals surface area contributed by atoms with Crippen LogP contribution in [-0.2, 0) is 12.8 Å². The Hall–Kier alpha value is -5.33. The van der Waals surface area contributed by atoms with Gasteiger partial charge in [-0.1, -0.05) is 79.5 Å². The molecule has 1 atom stereocenters. The van der Waals surface area contributed by atoms with Gasteiger partial charge in [-0.15, -0.1) is 0 Å². The summed E-state index contributed by atoms with van der Waals surface area (Å²) in [7, 11) is 0. The first-order valence-electron chi connectivity index (χ1n) is 15.6. The van der Waals surface area contributed by atoms with Gasteiger partial charge < -0.3 is 9.13 Å². The van der Waals surface area contributed by atoms with Gasteiger partial charge in [-0.2, -0.15) is 0 Å². The Kier molecular flexibility index (Phi) is 6.61. The van der Waals surface area contributed by atoms with Crippen molar-refractivity contribution in [2.24, 2.45) is 0 Å². The molecule has 0 N–H and O–H groups in total. The summed E-state index contributed by atoms with van der Waals surface area (Å²) in [5.74, 6) is 0.257. The lowest BCUT2D eigenvalue weighted by Crippen LogP contribution is -2.08. The Morgan fingerprint density at radius 1 is 0.932 bits per heavy atom. The zero-order valence-corrected chi connectivity index (χ0v) is 24.7. The number of pyridine rings is 1. The normalized spacial score (nSPS) is 17.6. The molecule has 1 unspecified atom stereocenters. The van der Waals surface area contributed by atoms with E-state index in [0.29, 0.717) is 0 Å². The van der Waals surface area contributed by atoms with Gasteiger partial charge in [0.05, 0.1) is 5.52 Å². The van der Waals surface area contributed by atoms with E-state index in [2.05, 4.69) is 130 Å². The van der Waals surface area contributed by atoms with Crippen LogP contribution in [0.15, 0.2) is 110 Å². The molecule has 3 aliphatic rings. The Morgan fingerprint density at radius 3 is 2.66 bits per heavy atom. The van der Waals surface area contributed by atoms with E-state index < -0.39 is 0 Å². The summed E-state index contributed by atoms with van der Waals surface area (Å²) < 4.78 is 4.80. The third-order valence-corrected chi connectivity index (χ3v) is 9.07. The second kappa shape index (κ2) is 11.1. The van der Waals surface area contributed by atoms with Crippen molar-refractivity contribution in [3.63, 3.8) is 0 Å². The van der Waals surface area contributed by atoms with Crippen molar-refractivity contribution in [2.75, 3.05) is 0 Å². The number of aromatic nitrogens is 3. The molecular weight excluding hydrogens is 534 g/mol. The molecule has 3 aromatic heterocycles. The number of hydrogen-bond donors (Lipinski definition) is 0. The van der Waals surface area contributed by atoms with E-state index in [-0.39, 0.29) is 5.92 Å². The summed E-state index contributed by atoms with van der Waals surface area (Å²) in [6.07, 6.45) is 33.5. The van der Waals surface area contributed by atoms with E-state index in [4.69, 9.17) is 0 Å². The number of allylic oxidation sites excluding steroid dienone is 10. The quantitative estimate of drug-likeness (QED) is 0.187. The number of fused-ring (bicyclic) bond motifs is 6. The van der Waals surface area contributed by atoms with Gasteiger partial charge in [0, 0.05) is 63.0 Å². The molecule has 0 fully saturated rings. The minimum Gasteiger partial charge on any atom is -0.313 e. The summed E-state index contributed by atoms with van der Waals surface area (Å²) in [5.41, 5.74) is 12.3. The lowest BCUT2D eigenvalue weighted by atomic mass is 9.91. The second-order valence-electron chi connectivity index (χ2n) is 11.7. The molecule has 3 heteroatoms. The number of para-hydroxylation sites is 1. The van der Waals surface area contributed by atoms with E-state index >= 15 is 0 Å². The van der Waals surface area contributed by atoms with Crippen molar-refractivity contribution in [3.8, 4) is 0 Å². The molecule has 212 valence electrons. The highest BCUT2D eigenvalue weighted by Gasteiger charge is 2.22. The maximum Gasteiger partial charge on any atom is 0.105 e. The number of nitrogens with zero attached hydrogens (tertiary/aromatic N) is 3. The van der Waals surface area contributed by atoms with Gasteiger partial charge in [0.1, 0.15) is 5.52 Å². The molecule has 0 saturated carbocycles. The minimum atomic E-state index is 0.257. The summed E-state index contributed by atoms with van der Waals surface area (Å²) in [6.45, 7) is 4.02. The fourth-order valence-corrected chi connectivity index (χ4v) is 7.11. The maximum atomic E-state index is 4.69. The van der Waals surface area contributed by atoms with Crippen LogP contribution in [0.25, 0.3) is 51.4 Å². The van der Waals surface area contributed by atoms with Crippen LogP contribution in [0, 0.1) is 12.1 Å². The first-order chi connectivity index (χ1) is 21.8. The average molecular weight is 568 g/mol. The van der Waals surface area contributed by atoms with Crippen molar-refractivity contribution >= 4 is 51.4 Å². The van der Waals surface area contributed by atoms with E-state index in [1.165, 1.54) is 50.1 Å². The summed E-state index contributed by atoms with van der Waals surface area (Å²) in [4.78, 5) is 4.69. The van der Waals surface area contributed by atoms with Crippen molar-refractivity contribution in [2.45, 2.75) is 38.0 Å². The average Bonchev–Trinajstić information content (AvgIpc) is 3.60. The van der Waals surface area contributed by atoms with Crippen LogP contribution in [0.5, 0.6) is 0 Å². The Bertz CT molecular complexity index is 2120. The third kappa shape index (κ3) is 4.43. The summed E-state index contributed by atoms with van der Waals surface area (Å²) in [5, 5.41) is 2.54. The molecule has 0 aliphatic heterocycles. The highest BCUT2D eigenvalue weighted by molar-refractivity contribution is 5.96. The van der Waals surface area contributed by atoms with E-state index in [9.17, 15) is 0 Å². The minimum absolute atomic E-state index is 0.257. The molecule has 5 aromatic rings. The Labute approximate surface area is 258 Å². The van der Waals surface area contributed by atoms with Crippen LogP contribution in [0.2, 0.25) is 0 Å². The topological polar surface area (TPSA) is 22.8 Å². The van der Waals surface area contributed by atoms with E-state index in [1.807, 2.05) is 24.5 Å². The molecule has 0 bridgehead atoms. The first kappa shape index (κ1) is 26.3. The van der Waals surface area contributed by atoms with Crippen molar-refractivity contribution in [1.29, 1.82) is 0 Å². The SMILES string of the molecule is C=C/C=C(\C=C\c1cncc(C2C=C(n3c4c(c5ccccc53)C=CCC4)C=CC2)c1)n1c2c(c3ccc#cc31)C=CCC2. The zero-order valence-electron chi connectivity index (χ0n) is 24.7. The second-order valence-corrected chi connectivity index (χ2v) is 11.7. The molecule has 3 nitrogen and oxygen atoms in total. The van der Waals surface area contributed by atoms with Gasteiger partial charge in [0.2, 0.25) is 0 Å². The zero-order chi connectivity index (χ0) is 29.5. The lowest BCUT2D eigenvalue weighted by Gasteiger charge is -2.21.